The third-order valence-electron chi connectivity index (χ3n) is 2.10. The van der Waals surface area contributed by atoms with Crippen molar-refractivity contribution in [2.24, 2.45) is 5.73 Å². The van der Waals surface area contributed by atoms with E-state index in [9.17, 15) is 8.78 Å². The minimum Gasteiger partial charge on any atom is -0.497 e. The second-order valence-corrected chi connectivity index (χ2v) is 3.02. The van der Waals surface area contributed by atoms with Crippen molar-refractivity contribution < 1.29 is 13.5 Å². The van der Waals surface area contributed by atoms with Crippen LogP contribution in [0.25, 0.3) is 0 Å². The molecule has 1 aromatic carbocycles. The number of hydrogen-bond acceptors (Lipinski definition) is 2. The lowest BCUT2D eigenvalue weighted by Gasteiger charge is -2.12. The van der Waals surface area contributed by atoms with E-state index in [0.29, 0.717) is 6.42 Å². The van der Waals surface area contributed by atoms with Gasteiger partial charge in [0.2, 0.25) is 0 Å². The zero-order chi connectivity index (χ0) is 10.7. The van der Waals surface area contributed by atoms with Crippen molar-refractivity contribution in [3.63, 3.8) is 0 Å². The molecule has 0 bridgehead atoms. The highest BCUT2D eigenvalue weighted by Crippen LogP contribution is 2.25. The molecule has 5 heteroatoms. The van der Waals surface area contributed by atoms with Crippen molar-refractivity contribution in [3.8, 4) is 5.75 Å². The molecule has 0 radical (unpaired) electrons. The molecule has 15 heavy (non-hydrogen) atoms. The van der Waals surface area contributed by atoms with Crippen LogP contribution >= 0.6 is 12.4 Å². The minimum absolute atomic E-state index is 0. The van der Waals surface area contributed by atoms with E-state index in [-0.39, 0.29) is 23.7 Å². The Morgan fingerprint density at radius 2 is 1.80 bits per heavy atom. The van der Waals surface area contributed by atoms with Crippen molar-refractivity contribution in [2.75, 3.05) is 7.11 Å². The topological polar surface area (TPSA) is 35.2 Å². The molecule has 0 aliphatic carbocycles. The second kappa shape index (κ2) is 5.88. The fourth-order valence-electron chi connectivity index (χ4n) is 1.24. The molecule has 0 unspecified atom stereocenters. The first-order chi connectivity index (χ1) is 6.60. The molecule has 0 aliphatic heterocycles. The van der Waals surface area contributed by atoms with Gasteiger partial charge in [-0.2, -0.15) is 0 Å². The van der Waals surface area contributed by atoms with Crippen molar-refractivity contribution in [1.82, 2.24) is 0 Å². The maximum Gasteiger partial charge on any atom is 0.134 e. The van der Waals surface area contributed by atoms with Gasteiger partial charge in [-0.05, 0) is 6.42 Å². The Labute approximate surface area is 93.8 Å². The zero-order valence-electron chi connectivity index (χ0n) is 8.59. The molecule has 1 atom stereocenters. The third kappa shape index (κ3) is 3.04. The van der Waals surface area contributed by atoms with E-state index < -0.39 is 17.7 Å². The van der Waals surface area contributed by atoms with Gasteiger partial charge in [0.05, 0.1) is 7.11 Å². The number of benzene rings is 1. The molecule has 0 saturated heterocycles. The second-order valence-electron chi connectivity index (χ2n) is 3.02. The van der Waals surface area contributed by atoms with E-state index in [1.165, 1.54) is 7.11 Å². The van der Waals surface area contributed by atoms with Gasteiger partial charge in [0.1, 0.15) is 17.4 Å². The van der Waals surface area contributed by atoms with Gasteiger partial charge < -0.3 is 10.5 Å². The largest absolute Gasteiger partial charge is 0.497 e. The monoisotopic (exact) mass is 237 g/mol. The van der Waals surface area contributed by atoms with E-state index in [4.69, 9.17) is 10.5 Å². The van der Waals surface area contributed by atoms with Crippen LogP contribution in [0.3, 0.4) is 0 Å². The van der Waals surface area contributed by atoms with Gasteiger partial charge in [0, 0.05) is 23.7 Å². The summed E-state index contributed by atoms with van der Waals surface area (Å²) in [5.41, 5.74) is 5.49. The Kier molecular flexibility index (Phi) is 5.54. The summed E-state index contributed by atoms with van der Waals surface area (Å²) >= 11 is 0. The van der Waals surface area contributed by atoms with Gasteiger partial charge in [-0.3, -0.25) is 0 Å². The molecule has 1 rings (SSSR count). The van der Waals surface area contributed by atoms with Crippen LogP contribution in [-0.4, -0.2) is 7.11 Å². The van der Waals surface area contributed by atoms with Gasteiger partial charge in [0.15, 0.2) is 0 Å². The fraction of sp³-hybridized carbons (Fsp3) is 0.400. The summed E-state index contributed by atoms with van der Waals surface area (Å²) in [5.74, 6) is -1.15. The first kappa shape index (κ1) is 14.1. The average molecular weight is 238 g/mol. The molecular weight excluding hydrogens is 224 g/mol. The Hall–Kier alpha value is -0.870. The number of hydrogen-bond donors (Lipinski definition) is 1. The number of halogens is 3. The normalized spacial score (nSPS) is 11.8. The van der Waals surface area contributed by atoms with E-state index >= 15 is 0 Å². The van der Waals surface area contributed by atoms with Gasteiger partial charge >= 0.3 is 0 Å². The van der Waals surface area contributed by atoms with E-state index in [1.807, 2.05) is 0 Å². The lowest BCUT2D eigenvalue weighted by atomic mass is 10.0. The van der Waals surface area contributed by atoms with Crippen molar-refractivity contribution in [3.05, 3.63) is 29.3 Å². The summed E-state index contributed by atoms with van der Waals surface area (Å²) in [6, 6.07) is 1.66. The predicted molar refractivity (Wildman–Crippen MR) is 57.4 cm³/mol. The number of ether oxygens (including phenoxy) is 1. The van der Waals surface area contributed by atoms with Crippen molar-refractivity contribution >= 4 is 12.4 Å². The predicted octanol–water partition coefficient (Wildman–Crippen LogP) is 2.81. The van der Waals surface area contributed by atoms with Crippen LogP contribution in [0, 0.1) is 11.6 Å². The SMILES string of the molecule is CC[C@H](N)c1c(F)cc(OC)cc1F.Cl. The van der Waals surface area contributed by atoms with Gasteiger partial charge in [-0.25, -0.2) is 8.78 Å². The van der Waals surface area contributed by atoms with Crippen LogP contribution < -0.4 is 10.5 Å². The lowest BCUT2D eigenvalue weighted by molar-refractivity contribution is 0.403. The Morgan fingerprint density at radius 3 is 2.13 bits per heavy atom. The molecule has 0 aromatic heterocycles. The van der Waals surface area contributed by atoms with E-state index in [1.54, 1.807) is 6.92 Å². The highest BCUT2D eigenvalue weighted by Gasteiger charge is 2.16. The first-order valence-electron chi connectivity index (χ1n) is 4.38. The highest BCUT2D eigenvalue weighted by molar-refractivity contribution is 5.85. The Balaban J connectivity index is 0.00000196. The fourth-order valence-corrected chi connectivity index (χ4v) is 1.24. The summed E-state index contributed by atoms with van der Waals surface area (Å²) in [7, 11) is 1.35. The Bertz CT molecular complexity index is 310. The zero-order valence-corrected chi connectivity index (χ0v) is 9.41. The molecule has 0 aliphatic rings. The smallest absolute Gasteiger partial charge is 0.134 e. The van der Waals surface area contributed by atoms with Crippen LogP contribution in [-0.2, 0) is 0 Å². The molecule has 2 nitrogen and oxygen atoms in total. The average Bonchev–Trinajstić information content (AvgIpc) is 2.16. The highest BCUT2D eigenvalue weighted by atomic mass is 35.5. The molecule has 2 N–H and O–H groups in total. The summed E-state index contributed by atoms with van der Waals surface area (Å²) in [6.45, 7) is 1.77. The molecule has 1 aromatic rings. The quantitative estimate of drug-likeness (QED) is 0.878. The standard InChI is InChI=1S/C10H13F2NO.ClH/c1-3-9(13)10-7(11)4-6(14-2)5-8(10)12;/h4-5,9H,3,13H2,1-2H3;1H/t9-;/m0./s1. The van der Waals surface area contributed by atoms with Gasteiger partial charge in [-0.15, -0.1) is 12.4 Å². The summed E-state index contributed by atoms with van der Waals surface area (Å²) in [4.78, 5) is 0. The number of rotatable bonds is 3. The lowest BCUT2D eigenvalue weighted by Crippen LogP contribution is -2.13. The molecule has 0 spiro atoms. The van der Waals surface area contributed by atoms with Gasteiger partial charge in [0.25, 0.3) is 0 Å². The van der Waals surface area contributed by atoms with E-state index in [0.717, 1.165) is 12.1 Å². The molecule has 0 amide bonds. The third-order valence-corrected chi connectivity index (χ3v) is 2.10. The molecule has 0 heterocycles. The Morgan fingerprint density at radius 1 is 1.33 bits per heavy atom. The maximum atomic E-state index is 13.3. The minimum atomic E-state index is -0.656. The molecular formula is C10H14ClF2NO. The van der Waals surface area contributed by atoms with Crippen LogP contribution in [0.15, 0.2) is 12.1 Å². The van der Waals surface area contributed by atoms with Crippen LogP contribution in [0.1, 0.15) is 24.9 Å². The van der Waals surface area contributed by atoms with Crippen LogP contribution in [0.5, 0.6) is 5.75 Å². The number of methoxy groups -OCH3 is 1. The molecule has 0 saturated carbocycles. The number of nitrogens with two attached hydrogens (primary N) is 1. The molecule has 86 valence electrons. The van der Waals surface area contributed by atoms with Gasteiger partial charge in [-0.1, -0.05) is 6.92 Å². The first-order valence-corrected chi connectivity index (χ1v) is 4.38. The van der Waals surface area contributed by atoms with Crippen LogP contribution in [0.4, 0.5) is 8.78 Å². The summed E-state index contributed by atoms with van der Waals surface area (Å²) < 4.78 is 31.4. The van der Waals surface area contributed by atoms with E-state index in [2.05, 4.69) is 0 Å². The summed E-state index contributed by atoms with van der Waals surface area (Å²) in [6.07, 6.45) is 0.486. The maximum absolute atomic E-state index is 13.3. The molecule has 0 fully saturated rings. The van der Waals surface area contributed by atoms with Crippen LogP contribution in [0.2, 0.25) is 0 Å². The van der Waals surface area contributed by atoms with Crippen molar-refractivity contribution in [1.29, 1.82) is 0 Å². The summed E-state index contributed by atoms with van der Waals surface area (Å²) in [5, 5.41) is 0. The van der Waals surface area contributed by atoms with Crippen molar-refractivity contribution in [2.45, 2.75) is 19.4 Å².